The zero-order chi connectivity index (χ0) is 13.1. The predicted octanol–water partition coefficient (Wildman–Crippen LogP) is 3.52. The Morgan fingerprint density at radius 1 is 1.44 bits per heavy atom. The van der Waals surface area contributed by atoms with Gasteiger partial charge in [-0.05, 0) is 18.2 Å². The van der Waals surface area contributed by atoms with Crippen LogP contribution in [0.1, 0.15) is 11.7 Å². The van der Waals surface area contributed by atoms with Crippen molar-refractivity contribution in [3.05, 3.63) is 46.2 Å². The van der Waals surface area contributed by atoms with E-state index in [0.29, 0.717) is 5.02 Å². The minimum atomic E-state index is -0.158. The molecule has 1 heterocycles. The van der Waals surface area contributed by atoms with Crippen LogP contribution in [0.3, 0.4) is 0 Å². The van der Waals surface area contributed by atoms with Crippen LogP contribution in [-0.4, -0.2) is 15.5 Å². The molecule has 1 aromatic carbocycles. The van der Waals surface area contributed by atoms with Crippen molar-refractivity contribution in [2.45, 2.75) is 10.9 Å². The van der Waals surface area contributed by atoms with Gasteiger partial charge in [0.25, 0.3) is 0 Å². The highest BCUT2D eigenvalue weighted by Gasteiger charge is 2.15. The number of aromatic nitrogens is 2. The summed E-state index contributed by atoms with van der Waals surface area (Å²) in [6, 6.07) is 7.54. The molecule has 1 atom stereocenters. The largest absolute Gasteiger partial charge is 0.322 e. The zero-order valence-electron chi connectivity index (χ0n) is 9.81. The fraction of sp³-hybridized carbons (Fsp3) is 0.250. The minimum absolute atomic E-state index is 0.158. The van der Waals surface area contributed by atoms with E-state index in [0.717, 1.165) is 21.4 Å². The topological polar surface area (TPSA) is 43.8 Å². The van der Waals surface area contributed by atoms with Crippen molar-refractivity contribution in [1.29, 1.82) is 0 Å². The van der Waals surface area contributed by atoms with Gasteiger partial charge in [-0.1, -0.05) is 29.3 Å². The number of hydrogen-bond acceptors (Lipinski definition) is 3. The molecule has 1 unspecified atom stereocenters. The van der Waals surface area contributed by atoms with Crippen LogP contribution >= 0.6 is 35.0 Å². The van der Waals surface area contributed by atoms with Gasteiger partial charge in [0, 0.05) is 22.7 Å². The van der Waals surface area contributed by atoms with E-state index in [-0.39, 0.29) is 6.04 Å². The molecule has 0 radical (unpaired) electrons. The summed E-state index contributed by atoms with van der Waals surface area (Å²) < 4.78 is 1.71. The number of hydrogen-bond donors (Lipinski definition) is 1. The summed E-state index contributed by atoms with van der Waals surface area (Å²) in [6.07, 6.45) is 1.61. The molecule has 0 amide bonds. The molecule has 96 valence electrons. The summed E-state index contributed by atoms with van der Waals surface area (Å²) >= 11 is 13.6. The Balaban J connectivity index is 2.03. The van der Waals surface area contributed by atoms with Crippen LogP contribution in [0, 0.1) is 0 Å². The Morgan fingerprint density at radius 3 is 2.83 bits per heavy atom. The van der Waals surface area contributed by atoms with E-state index in [1.54, 1.807) is 22.6 Å². The van der Waals surface area contributed by atoms with Crippen molar-refractivity contribution < 1.29 is 0 Å². The van der Waals surface area contributed by atoms with Gasteiger partial charge in [0.05, 0.1) is 23.0 Å². The first kappa shape index (κ1) is 13.7. The third-order valence-corrected chi connectivity index (χ3v) is 4.15. The molecular weight excluding hydrogens is 289 g/mol. The smallest absolute Gasteiger partial charge is 0.0834 e. The SMILES string of the molecule is Cn1ncc(Cl)c1C(N)CSc1cccc(Cl)c1. The molecule has 2 aromatic rings. The first-order valence-corrected chi connectivity index (χ1v) is 7.13. The molecule has 1 aromatic heterocycles. The monoisotopic (exact) mass is 301 g/mol. The van der Waals surface area contributed by atoms with Crippen LogP contribution in [0.2, 0.25) is 10.0 Å². The maximum absolute atomic E-state index is 6.13. The maximum atomic E-state index is 6.13. The van der Waals surface area contributed by atoms with Crippen LogP contribution in [-0.2, 0) is 7.05 Å². The number of benzene rings is 1. The van der Waals surface area contributed by atoms with Gasteiger partial charge in [-0.2, -0.15) is 5.10 Å². The fourth-order valence-corrected chi connectivity index (χ4v) is 3.14. The summed E-state index contributed by atoms with van der Waals surface area (Å²) in [5.41, 5.74) is 6.98. The van der Waals surface area contributed by atoms with Crippen molar-refractivity contribution in [1.82, 2.24) is 9.78 Å². The van der Waals surface area contributed by atoms with Gasteiger partial charge in [-0.3, -0.25) is 4.68 Å². The van der Waals surface area contributed by atoms with E-state index in [1.165, 1.54) is 0 Å². The second-order valence-electron chi connectivity index (χ2n) is 3.88. The van der Waals surface area contributed by atoms with Gasteiger partial charge >= 0.3 is 0 Å². The third-order valence-electron chi connectivity index (χ3n) is 2.51. The van der Waals surface area contributed by atoms with E-state index >= 15 is 0 Å². The van der Waals surface area contributed by atoms with Crippen LogP contribution in [0.5, 0.6) is 0 Å². The Bertz CT molecular complexity index is 522. The second kappa shape index (κ2) is 5.97. The van der Waals surface area contributed by atoms with Crippen molar-refractivity contribution in [2.24, 2.45) is 12.8 Å². The summed E-state index contributed by atoms with van der Waals surface area (Å²) in [4.78, 5) is 1.09. The molecule has 3 nitrogen and oxygen atoms in total. The summed E-state index contributed by atoms with van der Waals surface area (Å²) in [5, 5.41) is 5.42. The van der Waals surface area contributed by atoms with Crippen molar-refractivity contribution in [3.63, 3.8) is 0 Å². The van der Waals surface area contributed by atoms with Gasteiger partial charge in [0.2, 0.25) is 0 Å². The van der Waals surface area contributed by atoms with E-state index in [4.69, 9.17) is 28.9 Å². The summed E-state index contributed by atoms with van der Waals surface area (Å²) in [6.45, 7) is 0. The van der Waals surface area contributed by atoms with Gasteiger partial charge in [0.1, 0.15) is 0 Å². The maximum Gasteiger partial charge on any atom is 0.0834 e. The van der Waals surface area contributed by atoms with Crippen LogP contribution in [0.4, 0.5) is 0 Å². The number of aryl methyl sites for hydroxylation is 1. The highest BCUT2D eigenvalue weighted by atomic mass is 35.5. The number of thioether (sulfide) groups is 1. The summed E-state index contributed by atoms with van der Waals surface area (Å²) in [7, 11) is 1.84. The lowest BCUT2D eigenvalue weighted by Crippen LogP contribution is -2.17. The number of halogens is 2. The second-order valence-corrected chi connectivity index (χ2v) is 5.81. The molecule has 0 saturated heterocycles. The Labute approximate surface area is 120 Å². The lowest BCUT2D eigenvalue weighted by atomic mass is 10.2. The molecule has 0 spiro atoms. The van der Waals surface area contributed by atoms with Crippen LogP contribution < -0.4 is 5.73 Å². The van der Waals surface area contributed by atoms with E-state index in [2.05, 4.69) is 5.10 Å². The van der Waals surface area contributed by atoms with Crippen molar-refractivity contribution in [3.8, 4) is 0 Å². The Morgan fingerprint density at radius 2 is 2.22 bits per heavy atom. The minimum Gasteiger partial charge on any atom is -0.322 e. The van der Waals surface area contributed by atoms with E-state index in [9.17, 15) is 0 Å². The lowest BCUT2D eigenvalue weighted by Gasteiger charge is -2.12. The normalized spacial score (nSPS) is 12.7. The molecule has 0 aliphatic heterocycles. The lowest BCUT2D eigenvalue weighted by molar-refractivity contribution is 0.659. The average Bonchev–Trinajstić information content (AvgIpc) is 2.66. The quantitative estimate of drug-likeness (QED) is 0.879. The molecule has 6 heteroatoms. The predicted molar refractivity (Wildman–Crippen MR) is 77.3 cm³/mol. The van der Waals surface area contributed by atoms with Crippen molar-refractivity contribution >= 4 is 35.0 Å². The molecule has 0 saturated carbocycles. The first-order chi connectivity index (χ1) is 8.58. The first-order valence-electron chi connectivity index (χ1n) is 5.39. The van der Waals surface area contributed by atoms with Crippen LogP contribution in [0.25, 0.3) is 0 Å². The third kappa shape index (κ3) is 3.20. The van der Waals surface area contributed by atoms with E-state index in [1.807, 2.05) is 31.3 Å². The Kier molecular flexibility index (Phi) is 4.56. The molecule has 2 rings (SSSR count). The molecule has 18 heavy (non-hydrogen) atoms. The van der Waals surface area contributed by atoms with Crippen molar-refractivity contribution in [2.75, 3.05) is 5.75 Å². The average molecular weight is 302 g/mol. The molecular formula is C12H13Cl2N3S. The zero-order valence-corrected chi connectivity index (χ0v) is 12.1. The van der Waals surface area contributed by atoms with Gasteiger partial charge in [-0.25, -0.2) is 0 Å². The molecule has 0 fully saturated rings. The Hall–Kier alpha value is -0.680. The molecule has 0 bridgehead atoms. The molecule has 2 N–H and O–H groups in total. The van der Waals surface area contributed by atoms with E-state index < -0.39 is 0 Å². The summed E-state index contributed by atoms with van der Waals surface area (Å²) in [5.74, 6) is 0.722. The fourth-order valence-electron chi connectivity index (χ4n) is 1.66. The van der Waals surface area contributed by atoms with Gasteiger partial charge in [-0.15, -0.1) is 11.8 Å². The number of nitrogens with zero attached hydrogens (tertiary/aromatic N) is 2. The molecule has 0 aliphatic carbocycles. The highest BCUT2D eigenvalue weighted by Crippen LogP contribution is 2.28. The number of rotatable bonds is 4. The standard InChI is InChI=1S/C12H13Cl2N3S/c1-17-12(10(14)6-16-17)11(15)7-18-9-4-2-3-8(13)5-9/h2-6,11H,7,15H2,1H3. The van der Waals surface area contributed by atoms with Gasteiger partial charge < -0.3 is 5.73 Å². The van der Waals surface area contributed by atoms with Crippen LogP contribution in [0.15, 0.2) is 35.4 Å². The highest BCUT2D eigenvalue weighted by molar-refractivity contribution is 7.99. The van der Waals surface area contributed by atoms with Gasteiger partial charge in [0.15, 0.2) is 0 Å². The molecule has 0 aliphatic rings. The number of nitrogens with two attached hydrogens (primary N) is 1.